The number of aromatic nitrogens is 15. The molecule has 3 aromatic carbocycles. The lowest BCUT2D eigenvalue weighted by atomic mass is 9.98. The number of aliphatic hydroxyl groups excluding tert-OH is 6. The number of ether oxygens (including phenoxy) is 9. The number of aromatic amines is 1. The van der Waals surface area contributed by atoms with Gasteiger partial charge in [0.05, 0.1) is 111 Å². The smallest absolute Gasteiger partial charge is 0.338 e. The van der Waals surface area contributed by atoms with E-state index in [1.54, 1.807) is 123 Å². The Morgan fingerprint density at radius 2 is 0.816 bits per heavy atom. The number of nitriles is 1. The molecule has 10 aromatic heterocycles. The van der Waals surface area contributed by atoms with Gasteiger partial charge in [-0.2, -0.15) is 5.26 Å². The molecule has 0 bridgehead atoms. The summed E-state index contributed by atoms with van der Waals surface area (Å²) >= 11 is 6.76. The summed E-state index contributed by atoms with van der Waals surface area (Å²) in [5.74, 6) is 0.746. The molecule has 0 radical (unpaired) electrons. The summed E-state index contributed by atoms with van der Waals surface area (Å²) in [7, 11) is 0. The normalized spacial score (nSPS) is 24.2. The molecule has 3 unspecified atom stereocenters. The van der Waals surface area contributed by atoms with Gasteiger partial charge in [-0.25, -0.2) is 78.8 Å². The summed E-state index contributed by atoms with van der Waals surface area (Å²) in [6.07, 6.45) is -6.43. The van der Waals surface area contributed by atoms with Gasteiger partial charge in [-0.3, -0.25) is 14.2 Å². The molecule has 5 saturated heterocycles. The molecule has 47 heteroatoms. The molecule has 15 heterocycles. The fourth-order valence-corrected chi connectivity index (χ4v) is 18.5. The van der Waals surface area contributed by atoms with E-state index in [9.17, 15) is 54.6 Å². The van der Waals surface area contributed by atoms with Crippen LogP contribution in [-0.4, -0.2) is 226 Å². The van der Waals surface area contributed by atoms with E-state index in [-0.39, 0.29) is 81.6 Å². The highest BCUT2D eigenvalue weighted by molar-refractivity contribution is 9.10. The van der Waals surface area contributed by atoms with Crippen LogP contribution in [0.1, 0.15) is 169 Å². The molecule has 5 aliphatic rings. The number of H-pyrrole nitrogens is 1. The van der Waals surface area contributed by atoms with Crippen LogP contribution in [0.5, 0.6) is 0 Å². The number of carbonyl (C=O) groups excluding carboxylic acids is 5. The first-order valence-corrected chi connectivity index (χ1v) is 46.0. The maximum absolute atomic E-state index is 12.8. The van der Waals surface area contributed by atoms with E-state index in [0.29, 0.717) is 122 Å². The van der Waals surface area contributed by atoms with Gasteiger partial charge in [0, 0.05) is 43.3 Å². The SMILES string of the molecule is CC[C@H]1OC(OC(C)=O)[C@H](OC(=O)c2ccccc2)[C@@H]1C.Cc1nc(N)c2c(C#N)c(Br)[nH]c2n1.Cc1nc(N)c2c(C(N)=O)cn([C@@H]3O[C@H](CO)[C@@H](O)[C@H]3O)c2n1.[C-]#[N+]c1c(Br)n(C2O[C@H](CC)[C@@H](C)[C@H]2OC(=O)c2ccccc2)c2nc(C)nc(N)c12.[C-]#[N+]c1cn(C2O[C@H](CC)[C@@H](C)[C@H]2OC(=O)c2ccccc2)c2nc(C)nc(N)c12.[C-]#[N+]c1cn([C@@H]2O[C@H](CO)[C@@H](O)[C@H]2O)c2nc(C)nc(N)c12. The Balaban J connectivity index is 0.000000144. The summed E-state index contributed by atoms with van der Waals surface area (Å²) in [4.78, 5) is 116. The number of benzene rings is 3. The number of hydrogen-bond acceptors (Lipinski definition) is 36. The highest BCUT2D eigenvalue weighted by Crippen LogP contribution is 2.49. The molecule has 0 saturated carbocycles. The molecule has 738 valence electrons. The number of aryl methyl sites for hydroxylation is 5. The second-order valence-corrected chi connectivity index (χ2v) is 35.0. The van der Waals surface area contributed by atoms with Crippen molar-refractivity contribution in [1.82, 2.24) is 73.1 Å². The van der Waals surface area contributed by atoms with Crippen LogP contribution in [0.25, 0.3) is 69.7 Å². The predicted molar refractivity (Wildman–Crippen MR) is 517 cm³/mol. The number of anilines is 5. The lowest BCUT2D eigenvalue weighted by Crippen LogP contribution is -2.34. The second kappa shape index (κ2) is 44.4. The number of nitrogen functional groups attached to an aromatic ring is 5. The van der Waals surface area contributed by atoms with Crippen molar-refractivity contribution in [3.8, 4) is 6.07 Å². The lowest BCUT2D eigenvalue weighted by molar-refractivity contribution is -0.186. The van der Waals surface area contributed by atoms with Crippen molar-refractivity contribution in [2.45, 2.75) is 207 Å². The molecule has 19 N–H and O–H groups in total. The van der Waals surface area contributed by atoms with E-state index in [0.717, 1.165) is 19.3 Å². The average molecular weight is 2060 g/mol. The van der Waals surface area contributed by atoms with Gasteiger partial charge in [0.1, 0.15) is 134 Å². The number of primary amides is 1. The van der Waals surface area contributed by atoms with Crippen LogP contribution in [-0.2, 0) is 47.4 Å². The van der Waals surface area contributed by atoms with Gasteiger partial charge in [-0.05, 0) is 122 Å². The third-order valence-corrected chi connectivity index (χ3v) is 25.6. The Labute approximate surface area is 822 Å². The van der Waals surface area contributed by atoms with Crippen molar-refractivity contribution in [3.63, 3.8) is 0 Å². The molecule has 0 spiro atoms. The van der Waals surface area contributed by atoms with Crippen LogP contribution in [0.3, 0.4) is 0 Å². The van der Waals surface area contributed by atoms with Crippen LogP contribution >= 0.6 is 31.9 Å². The van der Waals surface area contributed by atoms with Gasteiger partial charge >= 0.3 is 23.9 Å². The van der Waals surface area contributed by atoms with Gasteiger partial charge < -0.3 is 126 Å². The van der Waals surface area contributed by atoms with E-state index in [4.69, 9.17) is 102 Å². The zero-order chi connectivity index (χ0) is 102. The second-order valence-electron chi connectivity index (χ2n) is 33.5. The number of esters is 4. The van der Waals surface area contributed by atoms with E-state index in [1.165, 1.54) is 28.5 Å². The standard InChI is InChI=1S/C22H22BrN5O3.C22H23N5O3.C16H20O5.C13H17N5O5.C13H15N5O4.C8H6BrN5/c1-5-14-11(2)17(31-22(29)13-9-7-6-8-10-13)21(30-14)28-18(23)16(25-4)15-19(24)26-12(3)27-20(15)28;1-5-16-12(2)18(30-22(28)14-9-7-6-8-10-14)21(29-16)27-11-15(24-4)17-19(23)25-13(3)26-20(17)27;1-4-13-10(2)14(16(20-13)19-11(3)17)21-15(18)12-8-6-5-7-9-12;1-4-16-10(14)7-5(11(15)22)2-18(12(7)17-4)13-9(21)8(20)6(3-19)23-13;1-5-16-11(14)8-6(15-2)3-18(12(8)17-5)13-10(21)9(20)7(4-19)22-13;1-3-12-7(11)5-4(2-10)6(9)14-8(5)13-3/h6-11,14,17,21H,5H2,1-3H3,(H2,24,26,27);6-12,16,18,21H,5H2,1-3H3,(H2,23,25,26);5-10,13-14,16H,4H2,1-3H3;2,6,8-9,13,19-21H,3H2,1H3,(H2,15,22)(H2,14,16,17);3,7,9-10,13,19-21H,4H2,1H3,(H2,14,16,17);1H3,(H3,11,12,13,14)/t11-,14-,17-,21?;12-,16-,18-,21?;10-,13-,14-,16?;6-,8-,9-,13-;7-,9-,10-,13-;/m11111./s1. The maximum Gasteiger partial charge on any atom is 0.338 e. The third kappa shape index (κ3) is 21.4. The summed E-state index contributed by atoms with van der Waals surface area (Å²) < 4.78 is 59.1. The fraction of sp³-hybridized carbons (Fsp3) is 0.394. The first-order chi connectivity index (χ1) is 67.3. The minimum absolute atomic E-state index is 0.0352. The monoisotopic (exact) mass is 2060 g/mol. The van der Waals surface area contributed by atoms with Crippen molar-refractivity contribution >= 4 is 163 Å². The molecule has 0 aliphatic carbocycles. The number of carbonyl (C=O) groups is 5. The van der Waals surface area contributed by atoms with Crippen molar-refractivity contribution < 1.29 is 97.2 Å². The number of nitrogens with two attached hydrogens (primary N) is 6. The third-order valence-electron chi connectivity index (χ3n) is 24.2. The van der Waals surface area contributed by atoms with Crippen LogP contribution < -0.4 is 34.4 Å². The van der Waals surface area contributed by atoms with Crippen LogP contribution in [0, 0.1) is 83.4 Å². The van der Waals surface area contributed by atoms with Gasteiger partial charge in [-0.15, -0.1) is 0 Å². The summed E-state index contributed by atoms with van der Waals surface area (Å²) in [6.45, 7) is 43.3. The molecule has 5 fully saturated rings. The van der Waals surface area contributed by atoms with Crippen LogP contribution in [0.2, 0.25) is 0 Å². The maximum atomic E-state index is 12.8. The summed E-state index contributed by atoms with van der Waals surface area (Å²) in [6, 6.07) is 28.5. The first-order valence-electron chi connectivity index (χ1n) is 44.4. The van der Waals surface area contributed by atoms with Crippen molar-refractivity contribution in [3.05, 3.63) is 210 Å². The lowest BCUT2D eigenvalue weighted by Gasteiger charge is -2.24. The number of rotatable bonds is 17. The highest BCUT2D eigenvalue weighted by Gasteiger charge is 2.51. The molecule has 141 heavy (non-hydrogen) atoms. The van der Waals surface area contributed by atoms with E-state index < -0.39 is 129 Å². The topological polar surface area (TPSA) is 647 Å². The number of halogens is 2. The van der Waals surface area contributed by atoms with Gasteiger partial charge in [0.2, 0.25) is 23.4 Å². The van der Waals surface area contributed by atoms with E-state index in [1.807, 2.05) is 65.8 Å². The molecule has 13 aromatic rings. The minimum atomic E-state index is -1.32. The largest absolute Gasteiger partial charge is 0.454 e. The Morgan fingerprint density at radius 3 is 1.21 bits per heavy atom. The Hall–Kier alpha value is -14.4. The Bertz CT molecular complexity index is 7020. The predicted octanol–water partition coefficient (Wildman–Crippen LogP) is 10.4. The van der Waals surface area contributed by atoms with Crippen LogP contribution in [0.4, 0.5) is 46.2 Å². The first kappa shape index (κ1) is 104. The zero-order valence-electron chi connectivity index (χ0n) is 78.1. The number of hydrogen-bond donors (Lipinski definition) is 13. The number of nitrogens with one attached hydrogen (secondary N) is 1. The Kier molecular flexibility index (Phi) is 32.7. The van der Waals surface area contributed by atoms with E-state index >= 15 is 0 Å². The minimum Gasteiger partial charge on any atom is -0.454 e. The molecular weight excluding hydrogens is 1960 g/mol. The molecule has 20 atom stereocenters. The summed E-state index contributed by atoms with van der Waals surface area (Å²) in [5, 5.41) is 69.4. The number of fused-ring (bicyclic) bond motifs is 5. The van der Waals surface area contributed by atoms with Gasteiger partial charge in [-0.1, -0.05) is 96.1 Å². The molecule has 1 amide bonds. The zero-order valence-corrected chi connectivity index (χ0v) is 81.3. The molecule has 45 nitrogen and oxygen atoms in total. The Morgan fingerprint density at radius 1 is 0.461 bits per heavy atom. The number of amides is 1. The number of aliphatic hydroxyl groups is 6. The van der Waals surface area contributed by atoms with Crippen molar-refractivity contribution in [2.24, 2.45) is 23.5 Å². The number of nitrogens with zero attached hydrogens (tertiary/aromatic N) is 18. The van der Waals surface area contributed by atoms with Gasteiger partial charge in [0.15, 0.2) is 43.2 Å². The highest BCUT2D eigenvalue weighted by atomic mass is 79.9. The average Bonchev–Trinajstić information content (AvgIpc) is 1.58. The molecule has 18 rings (SSSR count). The quantitative estimate of drug-likeness (QED) is 0.0229. The molecule has 5 aliphatic heterocycles. The van der Waals surface area contributed by atoms with Gasteiger partial charge in [0.25, 0.3) is 5.91 Å². The van der Waals surface area contributed by atoms with Crippen molar-refractivity contribution in [1.29, 1.82) is 5.26 Å². The van der Waals surface area contributed by atoms with E-state index in [2.05, 4.69) is 101 Å². The molecular formula is C94H103Br2N25O20. The fourth-order valence-electron chi connectivity index (χ4n) is 17.3. The van der Waals surface area contributed by atoms with Crippen molar-refractivity contribution in [2.75, 3.05) is 41.9 Å². The van der Waals surface area contributed by atoms with Crippen LogP contribution in [0.15, 0.2) is 119 Å². The summed E-state index contributed by atoms with van der Waals surface area (Å²) in [5.41, 5.74) is 39.9.